The SMILES string of the molecule is C1CCC(NC2CCCCC2)CC1.CC(C)(C)OC(=O)NC(Cc1c[nH]c2ccccc12)C(=O)O. The summed E-state index contributed by atoms with van der Waals surface area (Å²) < 4.78 is 5.10. The van der Waals surface area contributed by atoms with Crippen LogP contribution in [0.3, 0.4) is 0 Å². The highest BCUT2D eigenvalue weighted by atomic mass is 16.6. The van der Waals surface area contributed by atoms with E-state index in [0.29, 0.717) is 0 Å². The van der Waals surface area contributed by atoms with Gasteiger partial charge in [-0.05, 0) is 58.1 Å². The number of nitrogens with one attached hydrogen (secondary N) is 3. The number of fused-ring (bicyclic) bond motifs is 1. The minimum Gasteiger partial charge on any atom is -0.480 e. The smallest absolute Gasteiger partial charge is 0.408 e. The lowest BCUT2D eigenvalue weighted by Crippen LogP contribution is -2.44. The largest absolute Gasteiger partial charge is 0.480 e. The van der Waals surface area contributed by atoms with Gasteiger partial charge in [0, 0.05) is 35.6 Å². The van der Waals surface area contributed by atoms with Crippen molar-refractivity contribution in [1.82, 2.24) is 15.6 Å². The van der Waals surface area contributed by atoms with Crippen LogP contribution in [0.2, 0.25) is 0 Å². The average Bonchev–Trinajstić information content (AvgIpc) is 3.22. The number of H-pyrrole nitrogens is 1. The Kier molecular flexibility index (Phi) is 10.0. The Balaban J connectivity index is 0.000000223. The summed E-state index contributed by atoms with van der Waals surface area (Å²) in [6.07, 6.45) is 15.8. The summed E-state index contributed by atoms with van der Waals surface area (Å²) in [6, 6.07) is 8.30. The molecule has 194 valence electrons. The molecule has 35 heavy (non-hydrogen) atoms. The quantitative estimate of drug-likeness (QED) is 0.406. The molecule has 0 aliphatic heterocycles. The number of hydrogen-bond donors (Lipinski definition) is 4. The van der Waals surface area contributed by atoms with Crippen LogP contribution in [-0.2, 0) is 16.0 Å². The minimum atomic E-state index is -1.10. The summed E-state index contributed by atoms with van der Waals surface area (Å²) >= 11 is 0. The Morgan fingerprint density at radius 3 is 2.11 bits per heavy atom. The maximum absolute atomic E-state index is 11.8. The summed E-state index contributed by atoms with van der Waals surface area (Å²) in [5.74, 6) is -1.10. The first-order chi connectivity index (χ1) is 16.7. The van der Waals surface area contributed by atoms with E-state index in [-0.39, 0.29) is 6.42 Å². The monoisotopic (exact) mass is 485 g/mol. The van der Waals surface area contributed by atoms with Gasteiger partial charge in [-0.15, -0.1) is 0 Å². The first-order valence-electron chi connectivity index (χ1n) is 13.2. The molecule has 1 atom stereocenters. The van der Waals surface area contributed by atoms with Gasteiger partial charge in [-0.2, -0.15) is 0 Å². The molecule has 2 aliphatic carbocycles. The van der Waals surface area contributed by atoms with Gasteiger partial charge >= 0.3 is 12.1 Å². The predicted octanol–water partition coefficient (Wildman–Crippen LogP) is 5.93. The average molecular weight is 486 g/mol. The lowest BCUT2D eigenvalue weighted by Gasteiger charge is -2.30. The van der Waals surface area contributed by atoms with Crippen LogP contribution < -0.4 is 10.6 Å². The summed E-state index contributed by atoms with van der Waals surface area (Å²) in [5.41, 5.74) is 1.09. The van der Waals surface area contributed by atoms with Crippen molar-refractivity contribution < 1.29 is 19.4 Å². The van der Waals surface area contributed by atoms with E-state index in [9.17, 15) is 14.7 Å². The first-order valence-corrected chi connectivity index (χ1v) is 13.2. The summed E-state index contributed by atoms with van der Waals surface area (Å²) in [7, 11) is 0. The van der Waals surface area contributed by atoms with Crippen LogP contribution >= 0.6 is 0 Å². The zero-order valence-electron chi connectivity index (χ0n) is 21.6. The Hall–Kier alpha value is -2.54. The fraction of sp³-hybridized carbons (Fsp3) is 0.643. The molecule has 1 heterocycles. The maximum Gasteiger partial charge on any atom is 0.408 e. The van der Waals surface area contributed by atoms with Crippen molar-refractivity contribution in [3.63, 3.8) is 0 Å². The van der Waals surface area contributed by atoms with E-state index < -0.39 is 23.7 Å². The van der Waals surface area contributed by atoms with E-state index in [1.165, 1.54) is 64.2 Å². The molecular weight excluding hydrogens is 442 g/mol. The van der Waals surface area contributed by atoms with Crippen molar-refractivity contribution in [2.45, 2.75) is 115 Å². The van der Waals surface area contributed by atoms with Crippen LogP contribution in [0.4, 0.5) is 4.79 Å². The number of benzene rings is 1. The number of aromatic nitrogens is 1. The molecule has 0 saturated heterocycles. The minimum absolute atomic E-state index is 0.179. The number of aromatic amines is 1. The maximum atomic E-state index is 11.8. The molecule has 1 aromatic carbocycles. The van der Waals surface area contributed by atoms with E-state index in [1.807, 2.05) is 24.3 Å². The number of ether oxygens (including phenoxy) is 1. The molecule has 7 nitrogen and oxygen atoms in total. The predicted molar refractivity (Wildman–Crippen MR) is 140 cm³/mol. The van der Waals surface area contributed by atoms with Crippen molar-refractivity contribution in [3.8, 4) is 0 Å². The molecule has 2 aromatic rings. The van der Waals surface area contributed by atoms with Gasteiger partial charge in [0.25, 0.3) is 0 Å². The second kappa shape index (κ2) is 13.0. The number of amides is 1. The molecule has 2 aliphatic rings. The molecule has 1 amide bonds. The highest BCUT2D eigenvalue weighted by molar-refractivity contribution is 5.85. The van der Waals surface area contributed by atoms with Crippen LogP contribution in [0.15, 0.2) is 30.5 Å². The van der Waals surface area contributed by atoms with Gasteiger partial charge in [0.2, 0.25) is 0 Å². The third kappa shape index (κ3) is 9.21. The fourth-order valence-corrected chi connectivity index (χ4v) is 5.04. The number of carboxylic acid groups (broad SMARTS) is 1. The van der Waals surface area contributed by atoms with E-state index in [1.54, 1.807) is 27.0 Å². The van der Waals surface area contributed by atoms with Gasteiger partial charge < -0.3 is 25.5 Å². The third-order valence-corrected chi connectivity index (χ3v) is 6.77. The highest BCUT2D eigenvalue weighted by Gasteiger charge is 2.25. The lowest BCUT2D eigenvalue weighted by molar-refractivity contribution is -0.139. The molecule has 0 radical (unpaired) electrons. The Morgan fingerprint density at radius 2 is 1.57 bits per heavy atom. The normalized spacial score (nSPS) is 18.4. The molecule has 4 N–H and O–H groups in total. The standard InChI is InChI=1S/C16H20N2O4.C12H23N/c1-16(2,3)22-15(21)18-13(14(19)20)8-10-9-17-12-7-5-4-6-11(10)12;1-3-7-11(8-4-1)13-12-9-5-2-6-10-12/h4-7,9,13,17H,8H2,1-3H3,(H,18,21)(H,19,20);11-13H,1-10H2. The van der Waals surface area contributed by atoms with Crippen molar-refractivity contribution in [1.29, 1.82) is 0 Å². The number of hydrogen-bond acceptors (Lipinski definition) is 4. The van der Waals surface area contributed by atoms with E-state index in [4.69, 9.17) is 4.74 Å². The fourth-order valence-electron chi connectivity index (χ4n) is 5.04. The zero-order valence-corrected chi connectivity index (χ0v) is 21.6. The van der Waals surface area contributed by atoms with Gasteiger partial charge in [-0.1, -0.05) is 56.7 Å². The van der Waals surface area contributed by atoms with Gasteiger partial charge in [-0.25, -0.2) is 9.59 Å². The Labute approximate surface area is 209 Å². The zero-order chi connectivity index (χ0) is 25.3. The van der Waals surface area contributed by atoms with Crippen molar-refractivity contribution in [3.05, 3.63) is 36.0 Å². The number of alkyl carbamates (subject to hydrolysis) is 1. The summed E-state index contributed by atoms with van der Waals surface area (Å²) in [6.45, 7) is 5.17. The lowest BCUT2D eigenvalue weighted by atomic mass is 9.91. The number of carboxylic acids is 1. The Bertz CT molecular complexity index is 921. The second-order valence-corrected chi connectivity index (χ2v) is 10.9. The Morgan fingerprint density at radius 1 is 1.00 bits per heavy atom. The topological polar surface area (TPSA) is 103 Å². The van der Waals surface area contributed by atoms with Crippen LogP contribution in [0, 0.1) is 0 Å². The molecule has 1 aromatic heterocycles. The number of rotatable bonds is 6. The second-order valence-electron chi connectivity index (χ2n) is 10.9. The molecule has 2 saturated carbocycles. The molecule has 4 rings (SSSR count). The molecule has 7 heteroatoms. The number of carbonyl (C=O) groups is 2. The highest BCUT2D eigenvalue weighted by Crippen LogP contribution is 2.23. The number of aliphatic carboxylic acids is 1. The summed E-state index contributed by atoms with van der Waals surface area (Å²) in [4.78, 5) is 26.2. The summed E-state index contributed by atoms with van der Waals surface area (Å²) in [5, 5.41) is 16.5. The van der Waals surface area contributed by atoms with Crippen LogP contribution in [0.5, 0.6) is 0 Å². The van der Waals surface area contributed by atoms with Gasteiger partial charge in [0.1, 0.15) is 11.6 Å². The number of para-hydroxylation sites is 1. The van der Waals surface area contributed by atoms with Gasteiger partial charge in [0.05, 0.1) is 0 Å². The first kappa shape index (κ1) is 27.1. The van der Waals surface area contributed by atoms with E-state index in [2.05, 4.69) is 15.6 Å². The molecule has 1 unspecified atom stereocenters. The van der Waals surface area contributed by atoms with E-state index >= 15 is 0 Å². The van der Waals surface area contributed by atoms with Crippen LogP contribution in [0.25, 0.3) is 10.9 Å². The van der Waals surface area contributed by atoms with Crippen molar-refractivity contribution in [2.75, 3.05) is 0 Å². The molecular formula is C28H43N3O4. The van der Waals surface area contributed by atoms with Crippen LogP contribution in [0.1, 0.15) is 90.5 Å². The molecule has 2 fully saturated rings. The van der Waals surface area contributed by atoms with Gasteiger partial charge in [-0.3, -0.25) is 0 Å². The number of carbonyl (C=O) groups excluding carboxylic acids is 1. The van der Waals surface area contributed by atoms with Crippen molar-refractivity contribution in [2.24, 2.45) is 0 Å². The van der Waals surface area contributed by atoms with E-state index in [0.717, 1.165) is 28.6 Å². The van der Waals surface area contributed by atoms with Gasteiger partial charge in [0.15, 0.2) is 0 Å². The molecule has 0 spiro atoms. The third-order valence-electron chi connectivity index (χ3n) is 6.77. The van der Waals surface area contributed by atoms with Crippen molar-refractivity contribution >= 4 is 23.0 Å². The molecule has 0 bridgehead atoms. The van der Waals surface area contributed by atoms with Crippen LogP contribution in [-0.4, -0.2) is 45.9 Å².